The third-order valence-electron chi connectivity index (χ3n) is 3.96. The Labute approximate surface area is 143 Å². The topological polar surface area (TPSA) is 35.0 Å². The van der Waals surface area contributed by atoms with Crippen LogP contribution in [0.1, 0.15) is 25.5 Å². The normalized spacial score (nSPS) is 10.6. The van der Waals surface area contributed by atoms with Crippen LogP contribution in [0, 0.1) is 0 Å². The molecule has 1 heterocycles. The van der Waals surface area contributed by atoms with Crippen molar-refractivity contribution >= 4 is 0 Å². The molecule has 0 atom stereocenters. The van der Waals surface area contributed by atoms with Crippen molar-refractivity contribution in [3.63, 3.8) is 0 Å². The molecule has 24 heavy (non-hydrogen) atoms. The van der Waals surface area contributed by atoms with E-state index in [9.17, 15) is 0 Å². The summed E-state index contributed by atoms with van der Waals surface area (Å²) in [5.41, 5.74) is 4.11. The Morgan fingerprint density at radius 3 is 2.42 bits per heavy atom. The van der Waals surface area contributed by atoms with E-state index in [0.29, 0.717) is 0 Å². The molecule has 3 aromatic rings. The van der Waals surface area contributed by atoms with Crippen LogP contribution in [0.15, 0.2) is 60.7 Å². The molecular formula is C21H22N2O. The van der Waals surface area contributed by atoms with Crippen LogP contribution >= 0.6 is 0 Å². The summed E-state index contributed by atoms with van der Waals surface area (Å²) in [7, 11) is 1.68. The molecule has 0 unspecified atom stereocenters. The standard InChI is InChI=1S/C21H22N2O/c1-3-4-12-18-15-20(17-11-8-13-19(14-17)24-2)23-21(22-18)16-9-6-5-7-10-16/h5-11,13-15H,3-4,12H2,1-2H3. The van der Waals surface area contributed by atoms with E-state index >= 15 is 0 Å². The number of rotatable bonds is 6. The van der Waals surface area contributed by atoms with Crippen LogP contribution in [-0.4, -0.2) is 17.1 Å². The van der Waals surface area contributed by atoms with Gasteiger partial charge in [0.05, 0.1) is 12.8 Å². The summed E-state index contributed by atoms with van der Waals surface area (Å²) in [6.07, 6.45) is 3.25. The zero-order chi connectivity index (χ0) is 16.8. The molecule has 2 aromatic carbocycles. The molecular weight excluding hydrogens is 296 g/mol. The molecule has 3 heteroatoms. The van der Waals surface area contributed by atoms with E-state index in [1.165, 1.54) is 0 Å². The number of methoxy groups -OCH3 is 1. The maximum absolute atomic E-state index is 5.34. The first-order valence-electron chi connectivity index (χ1n) is 8.38. The molecule has 0 aliphatic carbocycles. The summed E-state index contributed by atoms with van der Waals surface area (Å²) in [5, 5.41) is 0. The van der Waals surface area contributed by atoms with Gasteiger partial charge in [-0.15, -0.1) is 0 Å². The van der Waals surface area contributed by atoms with Gasteiger partial charge in [-0.05, 0) is 31.0 Å². The van der Waals surface area contributed by atoms with Gasteiger partial charge < -0.3 is 4.74 Å². The monoisotopic (exact) mass is 318 g/mol. The molecule has 122 valence electrons. The molecule has 0 amide bonds. The lowest BCUT2D eigenvalue weighted by molar-refractivity contribution is 0.415. The molecule has 0 bridgehead atoms. The number of unbranched alkanes of at least 4 members (excludes halogenated alkanes) is 1. The number of aryl methyl sites for hydroxylation is 1. The minimum atomic E-state index is 0.780. The fourth-order valence-electron chi connectivity index (χ4n) is 2.63. The van der Waals surface area contributed by atoms with Gasteiger partial charge in [0.1, 0.15) is 5.75 Å². The minimum absolute atomic E-state index is 0.780. The van der Waals surface area contributed by atoms with Crippen molar-refractivity contribution in [2.45, 2.75) is 26.2 Å². The summed E-state index contributed by atoms with van der Waals surface area (Å²) in [6.45, 7) is 2.20. The molecule has 0 saturated carbocycles. The second-order valence-electron chi connectivity index (χ2n) is 5.77. The summed E-state index contributed by atoms with van der Waals surface area (Å²) >= 11 is 0. The molecule has 3 nitrogen and oxygen atoms in total. The minimum Gasteiger partial charge on any atom is -0.497 e. The van der Waals surface area contributed by atoms with Crippen LogP contribution < -0.4 is 4.74 Å². The zero-order valence-electron chi connectivity index (χ0n) is 14.2. The number of hydrogen-bond acceptors (Lipinski definition) is 3. The lowest BCUT2D eigenvalue weighted by Crippen LogP contribution is -1.99. The Kier molecular flexibility index (Phi) is 5.22. The Bertz CT molecular complexity index is 800. The van der Waals surface area contributed by atoms with E-state index in [4.69, 9.17) is 14.7 Å². The molecule has 0 saturated heterocycles. The predicted octanol–water partition coefficient (Wildman–Crippen LogP) is 5.16. The van der Waals surface area contributed by atoms with E-state index in [0.717, 1.165) is 53.4 Å². The third-order valence-corrected chi connectivity index (χ3v) is 3.96. The first kappa shape index (κ1) is 16.2. The van der Waals surface area contributed by atoms with Gasteiger partial charge in [0.25, 0.3) is 0 Å². The predicted molar refractivity (Wildman–Crippen MR) is 98.1 cm³/mol. The second kappa shape index (κ2) is 7.73. The van der Waals surface area contributed by atoms with Gasteiger partial charge in [-0.1, -0.05) is 55.8 Å². The van der Waals surface area contributed by atoms with Crippen LogP contribution in [-0.2, 0) is 6.42 Å². The lowest BCUT2D eigenvalue weighted by atomic mass is 10.1. The number of benzene rings is 2. The summed E-state index contributed by atoms with van der Waals surface area (Å²) in [4.78, 5) is 9.56. The van der Waals surface area contributed by atoms with Gasteiger partial charge in [-0.2, -0.15) is 0 Å². The maximum atomic E-state index is 5.34. The molecule has 0 spiro atoms. The fraction of sp³-hybridized carbons (Fsp3) is 0.238. The third kappa shape index (κ3) is 3.80. The van der Waals surface area contributed by atoms with Crippen molar-refractivity contribution in [3.05, 3.63) is 66.4 Å². The van der Waals surface area contributed by atoms with Crippen molar-refractivity contribution in [1.29, 1.82) is 0 Å². The molecule has 0 N–H and O–H groups in total. The van der Waals surface area contributed by atoms with Crippen molar-refractivity contribution in [3.8, 4) is 28.4 Å². The van der Waals surface area contributed by atoms with Crippen LogP contribution in [0.3, 0.4) is 0 Å². The fourth-order valence-corrected chi connectivity index (χ4v) is 2.63. The first-order chi connectivity index (χ1) is 11.8. The van der Waals surface area contributed by atoms with Crippen molar-refractivity contribution in [2.24, 2.45) is 0 Å². The maximum Gasteiger partial charge on any atom is 0.160 e. The highest BCUT2D eigenvalue weighted by Crippen LogP contribution is 2.25. The highest BCUT2D eigenvalue weighted by Gasteiger charge is 2.09. The highest BCUT2D eigenvalue weighted by atomic mass is 16.5. The van der Waals surface area contributed by atoms with Crippen molar-refractivity contribution in [2.75, 3.05) is 7.11 Å². The summed E-state index contributed by atoms with van der Waals surface area (Å²) in [5.74, 6) is 1.62. The number of aromatic nitrogens is 2. The number of hydrogen-bond donors (Lipinski definition) is 0. The average molecular weight is 318 g/mol. The average Bonchev–Trinajstić information content (AvgIpc) is 2.67. The molecule has 0 aliphatic heterocycles. The van der Waals surface area contributed by atoms with Crippen LogP contribution in [0.25, 0.3) is 22.6 Å². The van der Waals surface area contributed by atoms with Crippen molar-refractivity contribution < 1.29 is 4.74 Å². The Morgan fingerprint density at radius 2 is 1.67 bits per heavy atom. The highest BCUT2D eigenvalue weighted by molar-refractivity contribution is 5.65. The van der Waals surface area contributed by atoms with Gasteiger partial charge in [0.15, 0.2) is 5.82 Å². The second-order valence-corrected chi connectivity index (χ2v) is 5.77. The molecule has 0 fully saturated rings. The molecule has 0 aliphatic rings. The molecule has 3 rings (SSSR count). The Balaban J connectivity index is 2.07. The first-order valence-corrected chi connectivity index (χ1v) is 8.38. The van der Waals surface area contributed by atoms with Gasteiger partial charge in [0.2, 0.25) is 0 Å². The Morgan fingerprint density at radius 1 is 0.875 bits per heavy atom. The smallest absolute Gasteiger partial charge is 0.160 e. The van der Waals surface area contributed by atoms with Gasteiger partial charge >= 0.3 is 0 Å². The van der Waals surface area contributed by atoms with Crippen LogP contribution in [0.2, 0.25) is 0 Å². The van der Waals surface area contributed by atoms with E-state index in [1.54, 1.807) is 7.11 Å². The Hall–Kier alpha value is -2.68. The van der Waals surface area contributed by atoms with Gasteiger partial charge in [0, 0.05) is 16.8 Å². The molecule has 0 radical (unpaired) electrons. The summed E-state index contributed by atoms with van der Waals surface area (Å²) < 4.78 is 5.34. The van der Waals surface area contributed by atoms with E-state index in [2.05, 4.69) is 19.1 Å². The summed E-state index contributed by atoms with van der Waals surface area (Å²) in [6, 6.07) is 20.2. The number of ether oxygens (including phenoxy) is 1. The van der Waals surface area contributed by atoms with Crippen LogP contribution in [0.4, 0.5) is 0 Å². The lowest BCUT2D eigenvalue weighted by Gasteiger charge is -2.09. The van der Waals surface area contributed by atoms with Gasteiger partial charge in [-0.3, -0.25) is 0 Å². The quantitative estimate of drug-likeness (QED) is 0.629. The molecule has 1 aromatic heterocycles. The zero-order valence-corrected chi connectivity index (χ0v) is 14.2. The van der Waals surface area contributed by atoms with Gasteiger partial charge in [-0.25, -0.2) is 9.97 Å². The van der Waals surface area contributed by atoms with E-state index < -0.39 is 0 Å². The SMILES string of the molecule is CCCCc1cc(-c2cccc(OC)c2)nc(-c2ccccc2)n1. The van der Waals surface area contributed by atoms with E-state index in [-0.39, 0.29) is 0 Å². The largest absolute Gasteiger partial charge is 0.497 e. The number of nitrogens with zero attached hydrogens (tertiary/aromatic N) is 2. The van der Waals surface area contributed by atoms with Crippen LogP contribution in [0.5, 0.6) is 5.75 Å². The van der Waals surface area contributed by atoms with E-state index in [1.807, 2.05) is 48.5 Å². The van der Waals surface area contributed by atoms with Crippen molar-refractivity contribution in [1.82, 2.24) is 9.97 Å².